The van der Waals surface area contributed by atoms with E-state index in [1.165, 1.54) is 4.90 Å². The van der Waals surface area contributed by atoms with Crippen molar-refractivity contribution in [1.29, 1.82) is 0 Å². The predicted molar refractivity (Wildman–Crippen MR) is 91.1 cm³/mol. The van der Waals surface area contributed by atoms with Crippen LogP contribution in [0.3, 0.4) is 0 Å². The molecule has 0 fully saturated rings. The molecule has 22 heavy (non-hydrogen) atoms. The molecule has 0 heterocycles. The van der Waals surface area contributed by atoms with Crippen LogP contribution in [0.2, 0.25) is 0 Å². The van der Waals surface area contributed by atoms with E-state index in [0.717, 1.165) is 12.2 Å². The standard InChI is InChI=1S/C16H20N2O2S2/c1-2-14(13-21-15-9-5-3-6-10-15)17-18-22(19,20)16-11-7-4-8-12-16/h3-12,14,17-18H,2,13H2,1H3. The Bertz CT molecular complexity index is 661. The van der Waals surface area contributed by atoms with E-state index < -0.39 is 10.0 Å². The lowest BCUT2D eigenvalue weighted by Crippen LogP contribution is -2.45. The Balaban J connectivity index is 1.88. The molecule has 0 saturated carbocycles. The zero-order valence-corrected chi connectivity index (χ0v) is 14.0. The highest BCUT2D eigenvalue weighted by molar-refractivity contribution is 7.99. The van der Waals surface area contributed by atoms with Crippen molar-refractivity contribution >= 4 is 21.8 Å². The monoisotopic (exact) mass is 336 g/mol. The third kappa shape index (κ3) is 5.14. The molecule has 4 nitrogen and oxygen atoms in total. The van der Waals surface area contributed by atoms with Gasteiger partial charge in [0.25, 0.3) is 10.0 Å². The minimum absolute atomic E-state index is 0.0590. The van der Waals surface area contributed by atoms with Crippen LogP contribution in [0.1, 0.15) is 13.3 Å². The van der Waals surface area contributed by atoms with Gasteiger partial charge in [0, 0.05) is 16.7 Å². The van der Waals surface area contributed by atoms with Crippen molar-refractivity contribution in [3.8, 4) is 0 Å². The Morgan fingerprint density at radius 2 is 1.59 bits per heavy atom. The van der Waals surface area contributed by atoms with E-state index in [4.69, 9.17) is 0 Å². The zero-order chi connectivity index (χ0) is 15.8. The van der Waals surface area contributed by atoms with Crippen LogP contribution >= 0.6 is 11.8 Å². The van der Waals surface area contributed by atoms with E-state index in [0.29, 0.717) is 0 Å². The molecule has 0 aliphatic rings. The highest BCUT2D eigenvalue weighted by Gasteiger charge is 2.15. The van der Waals surface area contributed by atoms with Crippen molar-refractivity contribution in [3.05, 3.63) is 60.7 Å². The summed E-state index contributed by atoms with van der Waals surface area (Å²) in [6.45, 7) is 2.03. The van der Waals surface area contributed by atoms with Gasteiger partial charge in [-0.25, -0.2) is 13.8 Å². The summed E-state index contributed by atoms with van der Waals surface area (Å²) in [4.78, 5) is 3.90. The Kier molecular flexibility index (Phi) is 6.45. The average Bonchev–Trinajstić information content (AvgIpc) is 2.57. The summed E-state index contributed by atoms with van der Waals surface area (Å²) in [5.41, 5.74) is 2.92. The lowest BCUT2D eigenvalue weighted by molar-refractivity contribution is 0.497. The normalized spacial score (nSPS) is 13.0. The molecule has 0 amide bonds. The second kappa shape index (κ2) is 8.33. The van der Waals surface area contributed by atoms with Gasteiger partial charge < -0.3 is 0 Å². The molecule has 2 aromatic carbocycles. The molecule has 1 atom stereocenters. The van der Waals surface area contributed by atoms with E-state index in [1.54, 1.807) is 42.1 Å². The maximum atomic E-state index is 12.1. The maximum absolute atomic E-state index is 12.1. The van der Waals surface area contributed by atoms with Crippen LogP contribution in [0.25, 0.3) is 0 Å². The number of nitrogens with one attached hydrogen (secondary N) is 2. The molecule has 0 aliphatic carbocycles. The van der Waals surface area contributed by atoms with E-state index in [1.807, 2.05) is 37.3 Å². The lowest BCUT2D eigenvalue weighted by atomic mass is 10.3. The summed E-state index contributed by atoms with van der Waals surface area (Å²) in [6.07, 6.45) is 0.830. The number of sulfonamides is 1. The molecule has 6 heteroatoms. The Morgan fingerprint density at radius 1 is 1.00 bits per heavy atom. The third-order valence-corrected chi connectivity index (χ3v) is 5.59. The summed E-state index contributed by atoms with van der Waals surface area (Å²) >= 11 is 1.70. The van der Waals surface area contributed by atoms with Crippen LogP contribution < -0.4 is 10.3 Å². The molecular weight excluding hydrogens is 316 g/mol. The third-order valence-electron chi connectivity index (χ3n) is 3.14. The van der Waals surface area contributed by atoms with Gasteiger partial charge in [-0.2, -0.15) is 0 Å². The molecule has 0 spiro atoms. The molecule has 0 aromatic heterocycles. The molecule has 0 radical (unpaired) electrons. The van der Waals surface area contributed by atoms with Crippen LogP contribution in [0.5, 0.6) is 0 Å². The van der Waals surface area contributed by atoms with Crippen molar-refractivity contribution < 1.29 is 8.42 Å². The van der Waals surface area contributed by atoms with Gasteiger partial charge in [0.05, 0.1) is 4.90 Å². The fourth-order valence-corrected chi connectivity index (χ4v) is 3.81. The highest BCUT2D eigenvalue weighted by atomic mass is 32.2. The second-order valence-electron chi connectivity index (χ2n) is 4.79. The number of thioether (sulfide) groups is 1. The fourth-order valence-electron chi connectivity index (χ4n) is 1.79. The number of hydrogen-bond donors (Lipinski definition) is 2. The van der Waals surface area contributed by atoms with E-state index in [9.17, 15) is 8.42 Å². The zero-order valence-electron chi connectivity index (χ0n) is 12.4. The minimum Gasteiger partial charge on any atom is -0.240 e. The maximum Gasteiger partial charge on any atom is 0.253 e. The van der Waals surface area contributed by atoms with Gasteiger partial charge in [0.1, 0.15) is 0 Å². The molecule has 0 aliphatic heterocycles. The first-order valence-electron chi connectivity index (χ1n) is 7.12. The van der Waals surface area contributed by atoms with Crippen LogP contribution in [0.15, 0.2) is 70.5 Å². The molecule has 118 valence electrons. The number of rotatable bonds is 8. The van der Waals surface area contributed by atoms with Crippen molar-refractivity contribution in [2.24, 2.45) is 0 Å². The van der Waals surface area contributed by atoms with Crippen LogP contribution in [-0.2, 0) is 10.0 Å². The molecule has 2 aromatic rings. The van der Waals surface area contributed by atoms with Gasteiger partial charge in [-0.15, -0.1) is 16.6 Å². The topological polar surface area (TPSA) is 58.2 Å². The first-order valence-corrected chi connectivity index (χ1v) is 9.59. The van der Waals surface area contributed by atoms with Gasteiger partial charge >= 0.3 is 0 Å². The summed E-state index contributed by atoms with van der Waals surface area (Å²) in [5.74, 6) is 0.790. The predicted octanol–water partition coefficient (Wildman–Crippen LogP) is 3.04. The first kappa shape index (κ1) is 17.0. The Labute approximate surface area is 136 Å². The molecule has 0 bridgehead atoms. The van der Waals surface area contributed by atoms with Crippen LogP contribution in [0, 0.1) is 0 Å². The Hall–Kier alpha value is -1.34. The minimum atomic E-state index is -3.52. The summed E-state index contributed by atoms with van der Waals surface area (Å²) in [5, 5.41) is 0. The van der Waals surface area contributed by atoms with Crippen LogP contribution in [0.4, 0.5) is 0 Å². The molecule has 2 rings (SSSR count). The van der Waals surface area contributed by atoms with Crippen LogP contribution in [-0.4, -0.2) is 20.2 Å². The quantitative estimate of drug-likeness (QED) is 0.575. The smallest absolute Gasteiger partial charge is 0.240 e. The summed E-state index contributed by atoms with van der Waals surface area (Å²) < 4.78 is 24.3. The van der Waals surface area contributed by atoms with Gasteiger partial charge in [0.2, 0.25) is 0 Å². The molecular formula is C16H20N2O2S2. The number of hydrogen-bond acceptors (Lipinski definition) is 4. The Morgan fingerprint density at radius 3 is 2.18 bits per heavy atom. The molecule has 0 saturated heterocycles. The number of benzene rings is 2. The largest absolute Gasteiger partial charge is 0.253 e. The first-order chi connectivity index (χ1) is 10.6. The van der Waals surface area contributed by atoms with Crippen molar-refractivity contribution in [3.63, 3.8) is 0 Å². The van der Waals surface area contributed by atoms with Gasteiger partial charge in [-0.3, -0.25) is 0 Å². The SMILES string of the molecule is CCC(CSc1ccccc1)NNS(=O)(=O)c1ccccc1. The number of hydrazine groups is 1. The lowest BCUT2D eigenvalue weighted by Gasteiger charge is -2.17. The van der Waals surface area contributed by atoms with Gasteiger partial charge in [0.15, 0.2) is 0 Å². The van der Waals surface area contributed by atoms with E-state index in [2.05, 4.69) is 10.3 Å². The van der Waals surface area contributed by atoms with Gasteiger partial charge in [-0.1, -0.05) is 43.3 Å². The second-order valence-corrected chi connectivity index (χ2v) is 7.57. The van der Waals surface area contributed by atoms with Crippen molar-refractivity contribution in [1.82, 2.24) is 10.3 Å². The van der Waals surface area contributed by atoms with Crippen molar-refractivity contribution in [2.45, 2.75) is 29.2 Å². The van der Waals surface area contributed by atoms with E-state index >= 15 is 0 Å². The fraction of sp³-hybridized carbons (Fsp3) is 0.250. The molecule has 2 N–H and O–H groups in total. The summed E-state index contributed by atoms with van der Waals surface area (Å²) in [6, 6.07) is 18.5. The highest BCUT2D eigenvalue weighted by Crippen LogP contribution is 2.18. The summed E-state index contributed by atoms with van der Waals surface area (Å²) in [7, 11) is -3.52. The van der Waals surface area contributed by atoms with Crippen molar-refractivity contribution in [2.75, 3.05) is 5.75 Å². The van der Waals surface area contributed by atoms with Gasteiger partial charge in [-0.05, 0) is 30.7 Å². The van der Waals surface area contributed by atoms with E-state index in [-0.39, 0.29) is 10.9 Å². The molecule has 1 unspecified atom stereocenters. The average molecular weight is 336 g/mol.